The summed E-state index contributed by atoms with van der Waals surface area (Å²) in [5.41, 5.74) is 0.643. The van der Waals surface area contributed by atoms with E-state index in [1.165, 1.54) is 24.3 Å². The van der Waals surface area contributed by atoms with Gasteiger partial charge in [0, 0.05) is 12.2 Å². The van der Waals surface area contributed by atoms with Crippen LogP contribution >= 0.6 is 0 Å². The van der Waals surface area contributed by atoms with Gasteiger partial charge in [0.1, 0.15) is 0 Å². The Hall–Kier alpha value is -2.41. The fourth-order valence-corrected chi connectivity index (χ4v) is 1.70. The SMILES string of the molecule is CCN(CCC(=O)O)CC(=O)Nc1ccc(C(=O)O)cc1. The zero-order chi connectivity index (χ0) is 15.8. The highest BCUT2D eigenvalue weighted by molar-refractivity contribution is 5.93. The van der Waals surface area contributed by atoms with E-state index in [-0.39, 0.29) is 24.4 Å². The van der Waals surface area contributed by atoms with Gasteiger partial charge in [0.05, 0.1) is 18.5 Å². The van der Waals surface area contributed by atoms with Crippen molar-refractivity contribution in [3.05, 3.63) is 29.8 Å². The number of aromatic carboxylic acids is 1. The molecule has 114 valence electrons. The van der Waals surface area contributed by atoms with Crippen LogP contribution in [-0.2, 0) is 9.59 Å². The summed E-state index contributed by atoms with van der Waals surface area (Å²) in [7, 11) is 0. The summed E-state index contributed by atoms with van der Waals surface area (Å²) in [5, 5.41) is 20.0. The molecule has 1 aromatic rings. The normalized spacial score (nSPS) is 10.4. The van der Waals surface area contributed by atoms with E-state index in [0.717, 1.165) is 0 Å². The fraction of sp³-hybridized carbons (Fsp3) is 0.357. The van der Waals surface area contributed by atoms with Gasteiger partial charge in [-0.3, -0.25) is 14.5 Å². The third-order valence-corrected chi connectivity index (χ3v) is 2.87. The van der Waals surface area contributed by atoms with E-state index < -0.39 is 11.9 Å². The fourth-order valence-electron chi connectivity index (χ4n) is 1.70. The van der Waals surface area contributed by atoms with Gasteiger partial charge in [-0.25, -0.2) is 4.79 Å². The van der Waals surface area contributed by atoms with E-state index >= 15 is 0 Å². The molecule has 0 aliphatic heterocycles. The van der Waals surface area contributed by atoms with Crippen LogP contribution in [0, 0.1) is 0 Å². The minimum absolute atomic E-state index is 0.0194. The van der Waals surface area contributed by atoms with Crippen LogP contribution in [0.25, 0.3) is 0 Å². The lowest BCUT2D eigenvalue weighted by Gasteiger charge is -2.18. The van der Waals surface area contributed by atoms with Crippen LogP contribution in [0.5, 0.6) is 0 Å². The number of benzene rings is 1. The van der Waals surface area contributed by atoms with E-state index in [4.69, 9.17) is 10.2 Å². The number of hydrogen-bond acceptors (Lipinski definition) is 4. The molecule has 0 aromatic heterocycles. The second-order valence-corrected chi connectivity index (χ2v) is 4.44. The molecular formula is C14H18N2O5. The van der Waals surface area contributed by atoms with Crippen molar-refractivity contribution in [2.45, 2.75) is 13.3 Å². The first-order chi connectivity index (χ1) is 9.92. The van der Waals surface area contributed by atoms with E-state index in [9.17, 15) is 14.4 Å². The number of amides is 1. The Bertz CT molecular complexity index is 513. The van der Waals surface area contributed by atoms with Crippen LogP contribution in [0.15, 0.2) is 24.3 Å². The largest absolute Gasteiger partial charge is 0.481 e. The van der Waals surface area contributed by atoms with Crippen molar-refractivity contribution in [1.29, 1.82) is 0 Å². The summed E-state index contributed by atoms with van der Waals surface area (Å²) < 4.78 is 0. The molecule has 0 saturated carbocycles. The monoisotopic (exact) mass is 294 g/mol. The van der Waals surface area contributed by atoms with Crippen molar-refractivity contribution in [3.63, 3.8) is 0 Å². The molecule has 1 aromatic carbocycles. The standard InChI is InChI=1S/C14H18N2O5/c1-2-16(8-7-13(18)19)9-12(17)15-11-5-3-10(4-6-11)14(20)21/h3-6H,2,7-9H2,1H3,(H,15,17)(H,18,19)(H,20,21). The molecule has 0 bridgehead atoms. The second-order valence-electron chi connectivity index (χ2n) is 4.44. The van der Waals surface area contributed by atoms with E-state index in [2.05, 4.69) is 5.32 Å². The Balaban J connectivity index is 2.51. The molecule has 0 unspecified atom stereocenters. The minimum atomic E-state index is -1.03. The number of carboxylic acids is 2. The van der Waals surface area contributed by atoms with Crippen LogP contribution in [0.1, 0.15) is 23.7 Å². The molecule has 0 heterocycles. The Kier molecular flexibility index (Phi) is 6.35. The number of carboxylic acid groups (broad SMARTS) is 2. The number of nitrogens with one attached hydrogen (secondary N) is 1. The molecular weight excluding hydrogens is 276 g/mol. The summed E-state index contributed by atoms with van der Waals surface area (Å²) in [6, 6.07) is 5.82. The van der Waals surface area contributed by atoms with Crippen LogP contribution in [0.4, 0.5) is 5.69 Å². The van der Waals surface area contributed by atoms with E-state index in [0.29, 0.717) is 18.8 Å². The number of likely N-dealkylation sites (N-methyl/N-ethyl adjacent to an activating group) is 1. The number of carbonyl (C=O) groups is 3. The van der Waals surface area contributed by atoms with Crippen LogP contribution in [-0.4, -0.2) is 52.6 Å². The zero-order valence-electron chi connectivity index (χ0n) is 11.7. The molecule has 1 rings (SSSR count). The molecule has 0 radical (unpaired) electrons. The predicted octanol–water partition coefficient (Wildman–Crippen LogP) is 1.12. The molecule has 21 heavy (non-hydrogen) atoms. The molecule has 1 amide bonds. The number of aliphatic carboxylic acids is 1. The Labute approximate surface area is 122 Å². The number of anilines is 1. The van der Waals surface area contributed by atoms with Crippen LogP contribution in [0.3, 0.4) is 0 Å². The number of rotatable bonds is 8. The molecule has 7 nitrogen and oxygen atoms in total. The van der Waals surface area contributed by atoms with E-state index in [1.807, 2.05) is 6.92 Å². The third kappa shape index (κ3) is 6.05. The second kappa shape index (κ2) is 8.01. The summed E-state index contributed by atoms with van der Waals surface area (Å²) in [4.78, 5) is 34.8. The number of nitrogens with zero attached hydrogens (tertiary/aromatic N) is 1. The summed E-state index contributed by atoms with van der Waals surface area (Å²) in [6.07, 6.45) is -0.0194. The van der Waals surface area contributed by atoms with Crippen molar-refractivity contribution in [3.8, 4) is 0 Å². The average molecular weight is 294 g/mol. The van der Waals surface area contributed by atoms with Gasteiger partial charge in [-0.2, -0.15) is 0 Å². The molecule has 0 spiro atoms. The Morgan fingerprint density at radius 2 is 1.76 bits per heavy atom. The molecule has 7 heteroatoms. The van der Waals surface area contributed by atoms with Gasteiger partial charge in [-0.15, -0.1) is 0 Å². The van der Waals surface area contributed by atoms with Crippen LogP contribution < -0.4 is 5.32 Å². The summed E-state index contributed by atoms with van der Waals surface area (Å²) in [6.45, 7) is 2.80. The smallest absolute Gasteiger partial charge is 0.335 e. The Morgan fingerprint density at radius 1 is 1.14 bits per heavy atom. The van der Waals surface area contributed by atoms with Crippen LogP contribution in [0.2, 0.25) is 0 Å². The maximum Gasteiger partial charge on any atom is 0.335 e. The van der Waals surface area contributed by atoms with Gasteiger partial charge in [0.2, 0.25) is 5.91 Å². The molecule has 3 N–H and O–H groups in total. The summed E-state index contributed by atoms with van der Waals surface area (Å²) >= 11 is 0. The minimum Gasteiger partial charge on any atom is -0.481 e. The third-order valence-electron chi connectivity index (χ3n) is 2.87. The number of hydrogen-bond donors (Lipinski definition) is 3. The van der Waals surface area contributed by atoms with Gasteiger partial charge in [0.15, 0.2) is 0 Å². The topological polar surface area (TPSA) is 107 Å². The lowest BCUT2D eigenvalue weighted by molar-refractivity contribution is -0.137. The zero-order valence-corrected chi connectivity index (χ0v) is 11.7. The highest BCUT2D eigenvalue weighted by Crippen LogP contribution is 2.09. The molecule has 0 saturated heterocycles. The van der Waals surface area contributed by atoms with Gasteiger partial charge in [0.25, 0.3) is 0 Å². The first-order valence-electron chi connectivity index (χ1n) is 6.49. The van der Waals surface area contributed by atoms with Crippen molar-refractivity contribution in [2.75, 3.05) is 25.0 Å². The lowest BCUT2D eigenvalue weighted by Crippen LogP contribution is -2.34. The van der Waals surface area contributed by atoms with Gasteiger partial charge >= 0.3 is 11.9 Å². The molecule has 0 fully saturated rings. The van der Waals surface area contributed by atoms with Crippen molar-refractivity contribution in [2.24, 2.45) is 0 Å². The van der Waals surface area contributed by atoms with Crippen molar-refractivity contribution >= 4 is 23.5 Å². The van der Waals surface area contributed by atoms with Gasteiger partial charge < -0.3 is 15.5 Å². The maximum atomic E-state index is 11.8. The van der Waals surface area contributed by atoms with Crippen molar-refractivity contribution < 1.29 is 24.6 Å². The average Bonchev–Trinajstić information content (AvgIpc) is 2.43. The quantitative estimate of drug-likeness (QED) is 0.663. The Morgan fingerprint density at radius 3 is 2.24 bits per heavy atom. The maximum absolute atomic E-state index is 11.8. The molecule has 0 aliphatic carbocycles. The summed E-state index contributed by atoms with van der Waals surface area (Å²) in [5.74, 6) is -2.21. The highest BCUT2D eigenvalue weighted by atomic mass is 16.4. The molecule has 0 atom stereocenters. The van der Waals surface area contributed by atoms with E-state index in [1.54, 1.807) is 4.90 Å². The first kappa shape index (κ1) is 16.6. The first-order valence-corrected chi connectivity index (χ1v) is 6.49. The van der Waals surface area contributed by atoms with Crippen molar-refractivity contribution in [1.82, 2.24) is 4.90 Å². The molecule has 0 aliphatic rings. The number of carbonyl (C=O) groups excluding carboxylic acids is 1. The highest BCUT2D eigenvalue weighted by Gasteiger charge is 2.11. The lowest BCUT2D eigenvalue weighted by atomic mass is 10.2. The van der Waals surface area contributed by atoms with Gasteiger partial charge in [-0.1, -0.05) is 6.92 Å². The van der Waals surface area contributed by atoms with Gasteiger partial charge in [-0.05, 0) is 30.8 Å². The predicted molar refractivity (Wildman–Crippen MR) is 76.4 cm³/mol.